The molecule has 1 saturated heterocycles. The fourth-order valence-electron chi connectivity index (χ4n) is 2.89. The average Bonchev–Trinajstić information content (AvgIpc) is 2.86. The van der Waals surface area contributed by atoms with Gasteiger partial charge in [-0.15, -0.1) is 0 Å². The number of esters is 1. The Hall–Kier alpha value is -3.43. The van der Waals surface area contributed by atoms with Gasteiger partial charge in [0.2, 0.25) is 5.91 Å². The highest BCUT2D eigenvalue weighted by Crippen LogP contribution is 2.29. The Labute approximate surface area is 154 Å². The van der Waals surface area contributed by atoms with Crippen molar-refractivity contribution in [3.05, 3.63) is 24.3 Å². The summed E-state index contributed by atoms with van der Waals surface area (Å²) in [5.41, 5.74) is 0.980. The van der Waals surface area contributed by atoms with Gasteiger partial charge in [-0.05, 0) is 19.1 Å². The molecule has 1 aromatic rings. The standard InChI is InChI=1S/C17H18N4O6/c1-10(27-15(24)9-21-14(23)8-19(2)17(21)26)16(25)20-7-13(22)18-11-5-3-4-6-12(11)20/h3-6,10H,7-9H2,1-2H3,(H,18,22)/t10-/m0/s1. The molecular formula is C17H18N4O6. The molecule has 0 spiro atoms. The summed E-state index contributed by atoms with van der Waals surface area (Å²) in [7, 11) is 1.44. The molecule has 2 heterocycles. The molecule has 0 radical (unpaired) electrons. The summed E-state index contributed by atoms with van der Waals surface area (Å²) in [6.07, 6.45) is -1.19. The molecule has 5 amide bonds. The van der Waals surface area contributed by atoms with Crippen molar-refractivity contribution in [1.29, 1.82) is 0 Å². The molecule has 0 saturated carbocycles. The number of rotatable bonds is 4. The molecule has 10 heteroatoms. The van der Waals surface area contributed by atoms with Crippen molar-refractivity contribution in [1.82, 2.24) is 9.80 Å². The zero-order chi connectivity index (χ0) is 19.7. The molecule has 142 valence electrons. The Morgan fingerprint density at radius 2 is 1.89 bits per heavy atom. The van der Waals surface area contributed by atoms with Crippen LogP contribution in [0.1, 0.15) is 6.92 Å². The van der Waals surface area contributed by atoms with Gasteiger partial charge in [0.15, 0.2) is 6.10 Å². The smallest absolute Gasteiger partial charge is 0.327 e. The molecule has 3 rings (SSSR count). The van der Waals surface area contributed by atoms with Crippen molar-refractivity contribution in [2.45, 2.75) is 13.0 Å². The van der Waals surface area contributed by atoms with Gasteiger partial charge < -0.3 is 15.0 Å². The summed E-state index contributed by atoms with van der Waals surface area (Å²) in [6.45, 7) is 0.484. The number of carbonyl (C=O) groups is 5. The first-order valence-electron chi connectivity index (χ1n) is 8.23. The van der Waals surface area contributed by atoms with Crippen molar-refractivity contribution in [3.63, 3.8) is 0 Å². The maximum Gasteiger partial charge on any atom is 0.327 e. The molecule has 10 nitrogen and oxygen atoms in total. The molecular weight excluding hydrogens is 356 g/mol. The number of hydrogen-bond donors (Lipinski definition) is 1. The maximum absolute atomic E-state index is 12.7. The van der Waals surface area contributed by atoms with Crippen LogP contribution in [0.3, 0.4) is 0 Å². The normalized spacial score (nSPS) is 17.6. The Morgan fingerprint density at radius 3 is 2.56 bits per heavy atom. The monoisotopic (exact) mass is 374 g/mol. The Balaban J connectivity index is 1.66. The van der Waals surface area contributed by atoms with Crippen LogP contribution >= 0.6 is 0 Å². The fourth-order valence-corrected chi connectivity index (χ4v) is 2.89. The molecule has 0 aromatic heterocycles. The van der Waals surface area contributed by atoms with Crippen LogP contribution in [-0.4, -0.2) is 72.3 Å². The molecule has 0 unspecified atom stereocenters. The number of ether oxygens (including phenoxy) is 1. The Kier molecular flexibility index (Phi) is 4.80. The SMILES string of the molecule is C[C@H](OC(=O)CN1C(=O)CN(C)C1=O)C(=O)N1CC(=O)Nc2ccccc21. The Bertz CT molecular complexity index is 838. The van der Waals surface area contributed by atoms with Gasteiger partial charge in [-0.3, -0.25) is 29.0 Å². The first kappa shape index (κ1) is 18.4. The van der Waals surface area contributed by atoms with Crippen molar-refractivity contribution in [3.8, 4) is 0 Å². The van der Waals surface area contributed by atoms with Crippen LogP contribution in [0, 0.1) is 0 Å². The zero-order valence-corrected chi connectivity index (χ0v) is 14.8. The predicted molar refractivity (Wildman–Crippen MR) is 92.7 cm³/mol. The fraction of sp³-hybridized carbons (Fsp3) is 0.353. The van der Waals surface area contributed by atoms with Crippen LogP contribution in [0.25, 0.3) is 0 Å². The van der Waals surface area contributed by atoms with Crippen LogP contribution in [0.5, 0.6) is 0 Å². The molecule has 2 aliphatic rings. The summed E-state index contributed by atoms with van der Waals surface area (Å²) in [5.74, 6) is -2.35. The minimum Gasteiger partial charge on any atom is -0.451 e. The van der Waals surface area contributed by atoms with Crippen molar-refractivity contribution >= 4 is 41.1 Å². The maximum atomic E-state index is 12.7. The van der Waals surface area contributed by atoms with E-state index in [1.54, 1.807) is 24.3 Å². The molecule has 1 aromatic carbocycles. The molecule has 27 heavy (non-hydrogen) atoms. The van der Waals surface area contributed by atoms with Gasteiger partial charge in [0.25, 0.3) is 11.8 Å². The second kappa shape index (κ2) is 7.06. The largest absolute Gasteiger partial charge is 0.451 e. The van der Waals surface area contributed by atoms with Crippen LogP contribution < -0.4 is 10.2 Å². The van der Waals surface area contributed by atoms with Gasteiger partial charge >= 0.3 is 12.0 Å². The quantitative estimate of drug-likeness (QED) is 0.576. The molecule has 1 atom stereocenters. The number of fused-ring (bicyclic) bond motifs is 1. The van der Waals surface area contributed by atoms with E-state index in [1.807, 2.05) is 0 Å². The topological polar surface area (TPSA) is 116 Å². The molecule has 1 N–H and O–H groups in total. The van der Waals surface area contributed by atoms with E-state index in [-0.39, 0.29) is 19.0 Å². The average molecular weight is 374 g/mol. The number of hydrogen-bond acceptors (Lipinski definition) is 6. The van der Waals surface area contributed by atoms with Crippen LogP contribution in [-0.2, 0) is 23.9 Å². The predicted octanol–water partition coefficient (Wildman–Crippen LogP) is -0.203. The van der Waals surface area contributed by atoms with Crippen LogP contribution in [0.4, 0.5) is 16.2 Å². The van der Waals surface area contributed by atoms with Gasteiger partial charge in [0.1, 0.15) is 19.6 Å². The van der Waals surface area contributed by atoms with Crippen LogP contribution in [0.2, 0.25) is 0 Å². The summed E-state index contributed by atoms with van der Waals surface area (Å²) in [6, 6.07) is 6.16. The first-order valence-corrected chi connectivity index (χ1v) is 8.23. The lowest BCUT2D eigenvalue weighted by molar-refractivity contribution is -0.155. The third-order valence-electron chi connectivity index (χ3n) is 4.21. The number of anilines is 2. The Morgan fingerprint density at radius 1 is 1.19 bits per heavy atom. The van der Waals surface area contributed by atoms with E-state index in [0.29, 0.717) is 11.4 Å². The lowest BCUT2D eigenvalue weighted by Crippen LogP contribution is -2.47. The van der Waals surface area contributed by atoms with Gasteiger partial charge in [-0.25, -0.2) is 4.79 Å². The second-order valence-electron chi connectivity index (χ2n) is 6.24. The highest BCUT2D eigenvalue weighted by molar-refractivity contribution is 6.11. The summed E-state index contributed by atoms with van der Waals surface area (Å²) in [5, 5.41) is 2.66. The van der Waals surface area contributed by atoms with Gasteiger partial charge in [0.05, 0.1) is 11.4 Å². The number of nitrogens with one attached hydrogen (secondary N) is 1. The van der Waals surface area contributed by atoms with E-state index < -0.39 is 36.5 Å². The van der Waals surface area contributed by atoms with Crippen molar-refractivity contribution in [2.75, 3.05) is 36.9 Å². The lowest BCUT2D eigenvalue weighted by atomic mass is 10.1. The molecule has 0 aliphatic carbocycles. The van der Waals surface area contributed by atoms with Crippen LogP contribution in [0.15, 0.2) is 24.3 Å². The van der Waals surface area contributed by atoms with Crippen molar-refractivity contribution < 1.29 is 28.7 Å². The van der Waals surface area contributed by atoms with E-state index in [1.165, 1.54) is 23.8 Å². The number of carbonyl (C=O) groups excluding carboxylic acids is 5. The van der Waals surface area contributed by atoms with Gasteiger partial charge in [-0.1, -0.05) is 12.1 Å². The highest BCUT2D eigenvalue weighted by Gasteiger charge is 2.36. The van der Waals surface area contributed by atoms with E-state index >= 15 is 0 Å². The number of imide groups is 1. The number of benzene rings is 1. The molecule has 2 aliphatic heterocycles. The first-order chi connectivity index (χ1) is 12.8. The van der Waals surface area contributed by atoms with E-state index in [9.17, 15) is 24.0 Å². The summed E-state index contributed by atoms with van der Waals surface area (Å²) < 4.78 is 5.08. The summed E-state index contributed by atoms with van der Waals surface area (Å²) in [4.78, 5) is 63.2. The lowest BCUT2D eigenvalue weighted by Gasteiger charge is -2.30. The third kappa shape index (κ3) is 3.59. The van der Waals surface area contributed by atoms with E-state index in [0.717, 1.165) is 4.90 Å². The number of para-hydroxylation sites is 2. The van der Waals surface area contributed by atoms with Crippen molar-refractivity contribution in [2.24, 2.45) is 0 Å². The minimum atomic E-state index is -1.19. The third-order valence-corrected chi connectivity index (χ3v) is 4.21. The van der Waals surface area contributed by atoms with E-state index in [4.69, 9.17) is 4.74 Å². The zero-order valence-electron chi connectivity index (χ0n) is 14.8. The summed E-state index contributed by atoms with van der Waals surface area (Å²) >= 11 is 0. The number of amides is 5. The minimum absolute atomic E-state index is 0.111. The van der Waals surface area contributed by atoms with Gasteiger partial charge in [-0.2, -0.15) is 0 Å². The molecule has 0 bridgehead atoms. The number of nitrogens with zero attached hydrogens (tertiary/aromatic N) is 3. The molecule has 1 fully saturated rings. The second-order valence-corrected chi connectivity index (χ2v) is 6.24. The van der Waals surface area contributed by atoms with Gasteiger partial charge in [0, 0.05) is 7.05 Å². The number of urea groups is 1. The van der Waals surface area contributed by atoms with E-state index in [2.05, 4.69) is 5.32 Å². The number of likely N-dealkylation sites (N-methyl/N-ethyl adjacent to an activating group) is 1. The highest BCUT2D eigenvalue weighted by atomic mass is 16.5.